The number of nitrogens with one attached hydrogen (secondary N) is 1. The third kappa shape index (κ3) is 3.36. The van der Waals surface area contributed by atoms with Crippen LogP contribution in [0.5, 0.6) is 5.75 Å². The van der Waals surface area contributed by atoms with Crippen LogP contribution in [0, 0.1) is 0 Å². The maximum absolute atomic E-state index is 12.6. The first-order valence-electron chi connectivity index (χ1n) is 7.70. The molecule has 6 heteroatoms. The first kappa shape index (κ1) is 16.3. The first-order chi connectivity index (χ1) is 11.6. The zero-order chi connectivity index (χ0) is 17.1. The highest BCUT2D eigenvalue weighted by Gasteiger charge is 2.39. The van der Waals surface area contributed by atoms with E-state index in [1.54, 1.807) is 24.3 Å². The minimum absolute atomic E-state index is 0.110. The minimum atomic E-state index is -0.588. The van der Waals surface area contributed by atoms with Gasteiger partial charge in [0.2, 0.25) is 5.91 Å². The van der Waals surface area contributed by atoms with Gasteiger partial charge in [0, 0.05) is 10.7 Å². The lowest BCUT2D eigenvalue weighted by molar-refractivity contribution is -0.121. The molecule has 1 aliphatic rings. The molecule has 24 heavy (non-hydrogen) atoms. The Kier molecular flexibility index (Phi) is 4.71. The summed E-state index contributed by atoms with van der Waals surface area (Å²) in [6.45, 7) is 2.51. The Morgan fingerprint density at radius 2 is 1.96 bits per heavy atom. The van der Waals surface area contributed by atoms with E-state index in [9.17, 15) is 9.59 Å². The summed E-state index contributed by atoms with van der Waals surface area (Å²) in [7, 11) is 0. The number of halogens is 1. The van der Waals surface area contributed by atoms with Crippen molar-refractivity contribution in [2.45, 2.75) is 19.4 Å². The fourth-order valence-corrected chi connectivity index (χ4v) is 2.83. The van der Waals surface area contributed by atoms with Crippen LogP contribution in [-0.4, -0.2) is 24.5 Å². The Balaban J connectivity index is 1.74. The van der Waals surface area contributed by atoms with Gasteiger partial charge in [-0.25, -0.2) is 4.90 Å². The van der Waals surface area contributed by atoms with Crippen LogP contribution in [0.15, 0.2) is 48.5 Å². The Bertz CT molecular complexity index is 761. The maximum atomic E-state index is 12.6. The second-order valence-corrected chi connectivity index (χ2v) is 5.84. The summed E-state index contributed by atoms with van der Waals surface area (Å²) in [4.78, 5) is 26.0. The average Bonchev–Trinajstić information content (AvgIpc) is 2.83. The highest BCUT2D eigenvalue weighted by molar-refractivity contribution is 6.31. The van der Waals surface area contributed by atoms with Crippen molar-refractivity contribution in [3.8, 4) is 5.75 Å². The molecule has 1 N–H and O–H groups in total. The molecule has 1 aliphatic heterocycles. The van der Waals surface area contributed by atoms with E-state index in [-0.39, 0.29) is 18.2 Å². The summed E-state index contributed by atoms with van der Waals surface area (Å²) in [5, 5.41) is 3.59. The van der Waals surface area contributed by atoms with E-state index >= 15 is 0 Å². The second-order valence-electron chi connectivity index (χ2n) is 5.41. The molecule has 0 aromatic heterocycles. The summed E-state index contributed by atoms with van der Waals surface area (Å²) in [6, 6.07) is 13.4. The summed E-state index contributed by atoms with van der Waals surface area (Å²) >= 11 is 5.95. The van der Waals surface area contributed by atoms with Gasteiger partial charge in [-0.05, 0) is 49.4 Å². The molecule has 124 valence electrons. The number of benzene rings is 2. The fourth-order valence-electron chi connectivity index (χ4n) is 2.65. The van der Waals surface area contributed by atoms with Crippen LogP contribution in [0.4, 0.5) is 11.4 Å². The molecular formula is C18H17ClN2O3. The molecule has 2 aromatic carbocycles. The first-order valence-corrected chi connectivity index (χ1v) is 8.08. The number of hydrogen-bond donors (Lipinski definition) is 1. The van der Waals surface area contributed by atoms with Gasteiger partial charge in [-0.15, -0.1) is 0 Å². The molecule has 0 bridgehead atoms. The Hall–Kier alpha value is -2.53. The third-order valence-electron chi connectivity index (χ3n) is 3.72. The van der Waals surface area contributed by atoms with Crippen molar-refractivity contribution in [3.05, 3.63) is 53.6 Å². The van der Waals surface area contributed by atoms with Gasteiger partial charge in [-0.3, -0.25) is 9.59 Å². The molecule has 1 fully saturated rings. The SMILES string of the molecule is CCOc1ccc(NC2CC(=O)N(c3cccc(Cl)c3)C2=O)cc1. The summed E-state index contributed by atoms with van der Waals surface area (Å²) in [5.41, 5.74) is 1.26. The molecule has 3 rings (SSSR count). The number of nitrogens with zero attached hydrogens (tertiary/aromatic N) is 1. The molecule has 0 radical (unpaired) electrons. The van der Waals surface area contributed by atoms with Crippen LogP contribution >= 0.6 is 11.6 Å². The molecule has 1 unspecified atom stereocenters. The molecule has 1 saturated heterocycles. The third-order valence-corrected chi connectivity index (χ3v) is 3.95. The van der Waals surface area contributed by atoms with Gasteiger partial charge in [0.05, 0.1) is 18.7 Å². The molecule has 1 atom stereocenters. The molecular weight excluding hydrogens is 328 g/mol. The highest BCUT2D eigenvalue weighted by Crippen LogP contribution is 2.27. The number of amides is 2. The van der Waals surface area contributed by atoms with E-state index in [1.165, 1.54) is 4.90 Å². The lowest BCUT2D eigenvalue weighted by Crippen LogP contribution is -2.34. The van der Waals surface area contributed by atoms with Crippen LogP contribution in [0.1, 0.15) is 13.3 Å². The molecule has 0 spiro atoms. The number of anilines is 2. The van der Waals surface area contributed by atoms with Gasteiger partial charge in [0.15, 0.2) is 0 Å². The molecule has 2 amide bonds. The summed E-state index contributed by atoms with van der Waals surface area (Å²) < 4.78 is 5.39. The normalized spacial score (nSPS) is 17.2. The highest BCUT2D eigenvalue weighted by atomic mass is 35.5. The van der Waals surface area contributed by atoms with E-state index in [2.05, 4.69) is 5.32 Å². The van der Waals surface area contributed by atoms with Crippen molar-refractivity contribution in [2.75, 3.05) is 16.8 Å². The zero-order valence-electron chi connectivity index (χ0n) is 13.2. The van der Waals surface area contributed by atoms with E-state index in [0.29, 0.717) is 17.3 Å². The standard InChI is InChI=1S/C18H17ClN2O3/c1-2-24-15-8-6-13(7-9-15)20-16-11-17(22)21(18(16)23)14-5-3-4-12(19)10-14/h3-10,16,20H,2,11H2,1H3. The van der Waals surface area contributed by atoms with Gasteiger partial charge in [0.25, 0.3) is 5.91 Å². The van der Waals surface area contributed by atoms with Crippen LogP contribution in [0.25, 0.3) is 0 Å². The van der Waals surface area contributed by atoms with Crippen LogP contribution in [0.2, 0.25) is 5.02 Å². The molecule has 5 nitrogen and oxygen atoms in total. The van der Waals surface area contributed by atoms with Crippen molar-refractivity contribution in [3.63, 3.8) is 0 Å². The van der Waals surface area contributed by atoms with Crippen molar-refractivity contribution < 1.29 is 14.3 Å². The number of ether oxygens (including phenoxy) is 1. The second kappa shape index (κ2) is 6.93. The van der Waals surface area contributed by atoms with E-state index in [0.717, 1.165) is 11.4 Å². The Labute approximate surface area is 145 Å². The number of carbonyl (C=O) groups is 2. The maximum Gasteiger partial charge on any atom is 0.256 e. The number of carbonyl (C=O) groups excluding carboxylic acids is 2. The lowest BCUT2D eigenvalue weighted by Gasteiger charge is -2.16. The fraction of sp³-hybridized carbons (Fsp3) is 0.222. The van der Waals surface area contributed by atoms with Gasteiger partial charge >= 0.3 is 0 Å². The van der Waals surface area contributed by atoms with E-state index in [4.69, 9.17) is 16.3 Å². The van der Waals surface area contributed by atoms with Gasteiger partial charge in [0.1, 0.15) is 11.8 Å². The average molecular weight is 345 g/mol. The minimum Gasteiger partial charge on any atom is -0.494 e. The van der Waals surface area contributed by atoms with Crippen LogP contribution in [-0.2, 0) is 9.59 Å². The van der Waals surface area contributed by atoms with E-state index in [1.807, 2.05) is 31.2 Å². The Morgan fingerprint density at radius 3 is 2.62 bits per heavy atom. The van der Waals surface area contributed by atoms with Crippen molar-refractivity contribution >= 4 is 34.8 Å². The number of hydrogen-bond acceptors (Lipinski definition) is 4. The molecule has 0 saturated carbocycles. The summed E-state index contributed by atoms with van der Waals surface area (Å²) in [5.74, 6) is 0.235. The lowest BCUT2D eigenvalue weighted by atomic mass is 10.2. The topological polar surface area (TPSA) is 58.6 Å². The van der Waals surface area contributed by atoms with Crippen molar-refractivity contribution in [2.24, 2.45) is 0 Å². The smallest absolute Gasteiger partial charge is 0.256 e. The molecule has 2 aromatic rings. The predicted octanol–water partition coefficient (Wildman–Crippen LogP) is 3.48. The largest absolute Gasteiger partial charge is 0.494 e. The monoisotopic (exact) mass is 344 g/mol. The predicted molar refractivity (Wildman–Crippen MR) is 93.6 cm³/mol. The van der Waals surface area contributed by atoms with Crippen LogP contribution < -0.4 is 15.0 Å². The number of rotatable bonds is 5. The van der Waals surface area contributed by atoms with Crippen molar-refractivity contribution in [1.82, 2.24) is 0 Å². The van der Waals surface area contributed by atoms with Crippen LogP contribution in [0.3, 0.4) is 0 Å². The van der Waals surface area contributed by atoms with Crippen molar-refractivity contribution in [1.29, 1.82) is 0 Å². The quantitative estimate of drug-likeness (QED) is 0.844. The van der Waals surface area contributed by atoms with Gasteiger partial charge < -0.3 is 10.1 Å². The Morgan fingerprint density at radius 1 is 1.21 bits per heavy atom. The van der Waals surface area contributed by atoms with Gasteiger partial charge in [-0.2, -0.15) is 0 Å². The number of imide groups is 1. The molecule has 0 aliphatic carbocycles. The van der Waals surface area contributed by atoms with E-state index < -0.39 is 6.04 Å². The zero-order valence-corrected chi connectivity index (χ0v) is 13.9. The molecule has 1 heterocycles. The van der Waals surface area contributed by atoms with Gasteiger partial charge in [-0.1, -0.05) is 17.7 Å². The summed E-state index contributed by atoms with van der Waals surface area (Å²) in [6.07, 6.45) is 0.110.